The van der Waals surface area contributed by atoms with Gasteiger partial charge in [-0.1, -0.05) is 6.92 Å². The third-order valence-corrected chi connectivity index (χ3v) is 3.38. The summed E-state index contributed by atoms with van der Waals surface area (Å²) in [5.41, 5.74) is 3.38. The summed E-state index contributed by atoms with van der Waals surface area (Å²) in [6.45, 7) is 5.87. The van der Waals surface area contributed by atoms with Crippen molar-refractivity contribution in [1.29, 1.82) is 0 Å². The van der Waals surface area contributed by atoms with Crippen molar-refractivity contribution in [3.8, 4) is 17.0 Å². The van der Waals surface area contributed by atoms with Crippen LogP contribution in [0, 0.1) is 13.8 Å². The van der Waals surface area contributed by atoms with Crippen LogP contribution in [0.1, 0.15) is 30.3 Å². The maximum absolute atomic E-state index is 12.0. The van der Waals surface area contributed by atoms with Gasteiger partial charge < -0.3 is 9.72 Å². The van der Waals surface area contributed by atoms with Crippen molar-refractivity contribution in [2.45, 2.75) is 33.6 Å². The van der Waals surface area contributed by atoms with Crippen molar-refractivity contribution < 1.29 is 4.74 Å². The molecule has 4 nitrogen and oxygen atoms in total. The lowest BCUT2D eigenvalue weighted by Crippen LogP contribution is -2.16. The molecule has 0 spiro atoms. The molecule has 0 unspecified atom stereocenters. The Balaban J connectivity index is 2.59. The zero-order valence-corrected chi connectivity index (χ0v) is 12.4. The van der Waals surface area contributed by atoms with Crippen LogP contribution in [0.4, 0.5) is 0 Å². The lowest BCUT2D eigenvalue weighted by Gasteiger charge is -2.11. The summed E-state index contributed by atoms with van der Waals surface area (Å²) in [5.74, 6) is 1.55. The number of benzene rings is 1. The number of methoxy groups -OCH3 is 1. The molecule has 0 aliphatic heterocycles. The van der Waals surface area contributed by atoms with Crippen molar-refractivity contribution in [1.82, 2.24) is 9.97 Å². The van der Waals surface area contributed by atoms with Crippen LogP contribution in [0.3, 0.4) is 0 Å². The predicted octanol–water partition coefficient (Wildman–Crippen LogP) is 3.01. The van der Waals surface area contributed by atoms with Gasteiger partial charge in [-0.3, -0.25) is 4.79 Å². The number of nitrogens with one attached hydrogen (secondary N) is 1. The van der Waals surface area contributed by atoms with Crippen LogP contribution in [-0.2, 0) is 6.42 Å². The van der Waals surface area contributed by atoms with Crippen LogP contribution < -0.4 is 10.3 Å². The summed E-state index contributed by atoms with van der Waals surface area (Å²) in [5, 5.41) is 0. The summed E-state index contributed by atoms with van der Waals surface area (Å²) < 4.78 is 5.21. The van der Waals surface area contributed by atoms with Crippen LogP contribution in [-0.4, -0.2) is 17.1 Å². The van der Waals surface area contributed by atoms with E-state index in [4.69, 9.17) is 4.74 Å². The lowest BCUT2D eigenvalue weighted by atomic mass is 10.0. The van der Waals surface area contributed by atoms with Crippen molar-refractivity contribution in [3.05, 3.63) is 45.5 Å². The number of H-pyrrole nitrogens is 1. The summed E-state index contributed by atoms with van der Waals surface area (Å²) >= 11 is 0. The minimum Gasteiger partial charge on any atom is -0.497 e. The van der Waals surface area contributed by atoms with Crippen molar-refractivity contribution in [3.63, 3.8) is 0 Å². The molecule has 0 amide bonds. The average molecular weight is 272 g/mol. The first-order valence-electron chi connectivity index (χ1n) is 6.81. The Labute approximate surface area is 118 Å². The van der Waals surface area contributed by atoms with E-state index in [1.54, 1.807) is 14.0 Å². The SMILES string of the molecule is CCCc1nc(-c2ccc(OC)cc2C)c(C)c(=O)[nH]1. The Bertz CT molecular complexity index is 675. The van der Waals surface area contributed by atoms with Gasteiger partial charge in [0.15, 0.2) is 0 Å². The van der Waals surface area contributed by atoms with E-state index >= 15 is 0 Å². The second-order valence-electron chi connectivity index (χ2n) is 4.92. The van der Waals surface area contributed by atoms with Gasteiger partial charge in [0.05, 0.1) is 12.8 Å². The number of aryl methyl sites for hydroxylation is 2. The Morgan fingerprint density at radius 3 is 2.65 bits per heavy atom. The minimum absolute atomic E-state index is 0.0614. The molecule has 0 radical (unpaired) electrons. The Hall–Kier alpha value is -2.10. The number of nitrogens with zero attached hydrogens (tertiary/aromatic N) is 1. The molecular weight excluding hydrogens is 252 g/mol. The van der Waals surface area contributed by atoms with Gasteiger partial charge in [-0.25, -0.2) is 4.98 Å². The van der Waals surface area contributed by atoms with Crippen molar-refractivity contribution in [2.24, 2.45) is 0 Å². The smallest absolute Gasteiger partial charge is 0.254 e. The third-order valence-electron chi connectivity index (χ3n) is 3.38. The molecule has 0 bridgehead atoms. The fraction of sp³-hybridized carbons (Fsp3) is 0.375. The van der Waals surface area contributed by atoms with Gasteiger partial charge >= 0.3 is 0 Å². The predicted molar refractivity (Wildman–Crippen MR) is 80.3 cm³/mol. The van der Waals surface area contributed by atoms with Crippen LogP contribution in [0.5, 0.6) is 5.75 Å². The minimum atomic E-state index is -0.0614. The Morgan fingerprint density at radius 1 is 1.30 bits per heavy atom. The first-order valence-corrected chi connectivity index (χ1v) is 6.81. The molecule has 4 heteroatoms. The molecule has 1 N–H and O–H groups in total. The van der Waals surface area contributed by atoms with Gasteiger partial charge in [0.2, 0.25) is 0 Å². The summed E-state index contributed by atoms with van der Waals surface area (Å²) in [7, 11) is 1.64. The van der Waals surface area contributed by atoms with E-state index in [9.17, 15) is 4.79 Å². The number of hydrogen-bond acceptors (Lipinski definition) is 3. The van der Waals surface area contributed by atoms with E-state index in [1.807, 2.05) is 25.1 Å². The molecule has 0 saturated carbocycles. The third kappa shape index (κ3) is 2.74. The van der Waals surface area contributed by atoms with Gasteiger partial charge in [0.25, 0.3) is 5.56 Å². The molecule has 1 heterocycles. The lowest BCUT2D eigenvalue weighted by molar-refractivity contribution is 0.414. The highest BCUT2D eigenvalue weighted by Crippen LogP contribution is 2.26. The normalized spacial score (nSPS) is 10.6. The number of rotatable bonds is 4. The van der Waals surface area contributed by atoms with Gasteiger partial charge in [-0.2, -0.15) is 0 Å². The van der Waals surface area contributed by atoms with Gasteiger partial charge in [-0.15, -0.1) is 0 Å². The summed E-state index contributed by atoms with van der Waals surface area (Å²) in [6, 6.07) is 5.81. The van der Waals surface area contributed by atoms with Crippen LogP contribution in [0.25, 0.3) is 11.3 Å². The molecule has 2 aromatic rings. The molecule has 0 aliphatic rings. The van der Waals surface area contributed by atoms with Crippen LogP contribution >= 0.6 is 0 Å². The van der Waals surface area contributed by atoms with E-state index in [2.05, 4.69) is 16.9 Å². The summed E-state index contributed by atoms with van der Waals surface area (Å²) in [4.78, 5) is 19.5. The van der Waals surface area contributed by atoms with E-state index in [1.165, 1.54) is 0 Å². The van der Waals surface area contributed by atoms with Gasteiger partial charge in [-0.05, 0) is 44.0 Å². The highest BCUT2D eigenvalue weighted by Gasteiger charge is 2.12. The second-order valence-corrected chi connectivity index (χ2v) is 4.92. The van der Waals surface area contributed by atoms with E-state index < -0.39 is 0 Å². The first-order chi connectivity index (χ1) is 9.56. The molecule has 1 aromatic carbocycles. The second kappa shape index (κ2) is 5.90. The fourth-order valence-electron chi connectivity index (χ4n) is 2.23. The highest BCUT2D eigenvalue weighted by atomic mass is 16.5. The molecule has 0 saturated heterocycles. The molecule has 106 valence electrons. The van der Waals surface area contributed by atoms with Gasteiger partial charge in [0, 0.05) is 17.5 Å². The Kier molecular flexibility index (Phi) is 4.23. The zero-order valence-electron chi connectivity index (χ0n) is 12.4. The molecule has 0 aliphatic carbocycles. The van der Waals surface area contributed by atoms with E-state index in [0.29, 0.717) is 5.56 Å². The number of hydrogen-bond donors (Lipinski definition) is 1. The highest BCUT2D eigenvalue weighted by molar-refractivity contribution is 5.67. The molecule has 20 heavy (non-hydrogen) atoms. The first kappa shape index (κ1) is 14.3. The molecule has 0 atom stereocenters. The maximum atomic E-state index is 12.0. The standard InChI is InChI=1S/C16H20N2O2/c1-5-6-14-17-15(11(3)16(19)18-14)13-8-7-12(20-4)9-10(13)2/h7-9H,5-6H2,1-4H3,(H,17,18,19). The average Bonchev–Trinajstić information content (AvgIpc) is 2.43. The van der Waals surface area contributed by atoms with Crippen LogP contribution in [0.2, 0.25) is 0 Å². The van der Waals surface area contributed by atoms with E-state index in [0.717, 1.165) is 41.2 Å². The molecular formula is C16H20N2O2. The van der Waals surface area contributed by atoms with Crippen LogP contribution in [0.15, 0.2) is 23.0 Å². The largest absolute Gasteiger partial charge is 0.497 e. The quantitative estimate of drug-likeness (QED) is 0.930. The summed E-state index contributed by atoms with van der Waals surface area (Å²) in [6.07, 6.45) is 1.73. The monoisotopic (exact) mass is 272 g/mol. The topological polar surface area (TPSA) is 55.0 Å². The van der Waals surface area contributed by atoms with Crippen molar-refractivity contribution in [2.75, 3.05) is 7.11 Å². The number of aromatic nitrogens is 2. The van der Waals surface area contributed by atoms with E-state index in [-0.39, 0.29) is 5.56 Å². The Morgan fingerprint density at radius 2 is 2.05 bits per heavy atom. The maximum Gasteiger partial charge on any atom is 0.254 e. The zero-order chi connectivity index (χ0) is 14.7. The number of ether oxygens (including phenoxy) is 1. The van der Waals surface area contributed by atoms with Gasteiger partial charge in [0.1, 0.15) is 11.6 Å². The molecule has 2 rings (SSSR count). The fourth-order valence-corrected chi connectivity index (χ4v) is 2.23. The van der Waals surface area contributed by atoms with Crippen molar-refractivity contribution >= 4 is 0 Å². The molecule has 1 aromatic heterocycles. The number of aromatic amines is 1. The molecule has 0 fully saturated rings.